The fourth-order valence-corrected chi connectivity index (χ4v) is 1.11. The second kappa shape index (κ2) is 5.18. The summed E-state index contributed by atoms with van der Waals surface area (Å²) in [4.78, 5) is 0. The van der Waals surface area contributed by atoms with Crippen molar-refractivity contribution >= 4 is 0 Å². The van der Waals surface area contributed by atoms with Gasteiger partial charge in [0.1, 0.15) is 0 Å². The van der Waals surface area contributed by atoms with Gasteiger partial charge in [-0.05, 0) is 38.5 Å². The summed E-state index contributed by atoms with van der Waals surface area (Å²) in [5.74, 6) is 0. The summed E-state index contributed by atoms with van der Waals surface area (Å²) in [5, 5.41) is 0. The number of hydrogen-bond donors (Lipinski definition) is 0. The Balaban J connectivity index is 3.89. The summed E-state index contributed by atoms with van der Waals surface area (Å²) in [5.41, 5.74) is 1.75. The largest absolute Gasteiger partial charge is 0.103 e. The van der Waals surface area contributed by atoms with Crippen LogP contribution in [0.1, 0.15) is 47.0 Å². The standard InChI is InChI=1S/C12H22/c1-6-12(5,7-2)10-8-9-11(3)4/h6,9H,1,7-8,10H2,2-5H3/t12-/m1/s1. The topological polar surface area (TPSA) is 0 Å². The average Bonchev–Trinajstić information content (AvgIpc) is 2.03. The van der Waals surface area contributed by atoms with Crippen LogP contribution in [-0.2, 0) is 0 Å². The predicted octanol–water partition coefficient (Wildman–Crippen LogP) is 4.34. The van der Waals surface area contributed by atoms with Crippen molar-refractivity contribution in [3.63, 3.8) is 0 Å². The van der Waals surface area contributed by atoms with Gasteiger partial charge in [-0.3, -0.25) is 0 Å². The molecule has 0 aromatic carbocycles. The normalized spacial score (nSPS) is 15.0. The maximum Gasteiger partial charge on any atom is -0.0149 e. The fraction of sp³-hybridized carbons (Fsp3) is 0.667. The molecule has 0 aliphatic rings. The Morgan fingerprint density at radius 3 is 2.33 bits per heavy atom. The lowest BCUT2D eigenvalue weighted by Gasteiger charge is -2.22. The molecule has 0 saturated heterocycles. The van der Waals surface area contributed by atoms with Crippen LogP contribution in [0.4, 0.5) is 0 Å². The summed E-state index contributed by atoms with van der Waals surface area (Å²) in [7, 11) is 0. The third kappa shape index (κ3) is 4.38. The minimum atomic E-state index is 0.339. The van der Waals surface area contributed by atoms with Gasteiger partial charge in [-0.1, -0.05) is 31.6 Å². The molecule has 70 valence electrons. The number of hydrogen-bond acceptors (Lipinski definition) is 0. The van der Waals surface area contributed by atoms with Gasteiger partial charge in [0, 0.05) is 0 Å². The second-order valence-corrected chi connectivity index (χ2v) is 4.03. The highest BCUT2D eigenvalue weighted by molar-refractivity contribution is 4.97. The van der Waals surface area contributed by atoms with Gasteiger partial charge in [0.05, 0.1) is 0 Å². The summed E-state index contributed by atoms with van der Waals surface area (Å²) in [6.07, 6.45) is 7.98. The Bertz CT molecular complexity index is 161. The Labute approximate surface area is 77.4 Å². The van der Waals surface area contributed by atoms with Crippen LogP contribution in [0.5, 0.6) is 0 Å². The van der Waals surface area contributed by atoms with Crippen LogP contribution in [0.2, 0.25) is 0 Å². The maximum atomic E-state index is 3.88. The molecule has 0 radical (unpaired) electrons. The van der Waals surface area contributed by atoms with Crippen molar-refractivity contribution in [1.29, 1.82) is 0 Å². The molecule has 0 nitrogen and oxygen atoms in total. The Kier molecular flexibility index (Phi) is 4.96. The molecule has 0 N–H and O–H groups in total. The Morgan fingerprint density at radius 2 is 2.00 bits per heavy atom. The van der Waals surface area contributed by atoms with Crippen molar-refractivity contribution in [3.05, 3.63) is 24.3 Å². The first-order valence-electron chi connectivity index (χ1n) is 4.81. The summed E-state index contributed by atoms with van der Waals surface area (Å²) >= 11 is 0. The van der Waals surface area contributed by atoms with Gasteiger partial charge >= 0.3 is 0 Å². The van der Waals surface area contributed by atoms with Crippen LogP contribution in [-0.4, -0.2) is 0 Å². The maximum absolute atomic E-state index is 3.88. The zero-order chi connectivity index (χ0) is 9.61. The first-order valence-corrected chi connectivity index (χ1v) is 4.81. The van der Waals surface area contributed by atoms with Crippen molar-refractivity contribution in [1.82, 2.24) is 0 Å². The third-order valence-electron chi connectivity index (χ3n) is 2.57. The predicted molar refractivity (Wildman–Crippen MR) is 57.3 cm³/mol. The van der Waals surface area contributed by atoms with E-state index in [1.807, 2.05) is 0 Å². The average molecular weight is 166 g/mol. The lowest BCUT2D eigenvalue weighted by atomic mass is 9.83. The van der Waals surface area contributed by atoms with E-state index < -0.39 is 0 Å². The van der Waals surface area contributed by atoms with Crippen LogP contribution in [0, 0.1) is 5.41 Å². The fourth-order valence-electron chi connectivity index (χ4n) is 1.11. The van der Waals surface area contributed by atoms with Crippen molar-refractivity contribution in [2.75, 3.05) is 0 Å². The van der Waals surface area contributed by atoms with E-state index in [4.69, 9.17) is 0 Å². The van der Waals surface area contributed by atoms with Crippen molar-refractivity contribution < 1.29 is 0 Å². The Hall–Kier alpha value is -0.520. The zero-order valence-electron chi connectivity index (χ0n) is 8.98. The molecule has 0 aromatic heterocycles. The summed E-state index contributed by atoms with van der Waals surface area (Å²) in [6, 6.07) is 0. The van der Waals surface area contributed by atoms with Crippen LogP contribution in [0.15, 0.2) is 24.3 Å². The molecule has 0 heteroatoms. The van der Waals surface area contributed by atoms with Crippen molar-refractivity contribution in [2.45, 2.75) is 47.0 Å². The van der Waals surface area contributed by atoms with E-state index in [1.54, 1.807) is 0 Å². The highest BCUT2D eigenvalue weighted by Gasteiger charge is 2.15. The Morgan fingerprint density at radius 1 is 1.42 bits per heavy atom. The molecular weight excluding hydrogens is 144 g/mol. The van der Waals surface area contributed by atoms with E-state index in [1.165, 1.54) is 24.8 Å². The van der Waals surface area contributed by atoms with E-state index in [2.05, 4.69) is 46.4 Å². The first kappa shape index (κ1) is 11.5. The van der Waals surface area contributed by atoms with Crippen LogP contribution >= 0.6 is 0 Å². The van der Waals surface area contributed by atoms with Crippen LogP contribution in [0.25, 0.3) is 0 Å². The van der Waals surface area contributed by atoms with Crippen molar-refractivity contribution in [2.24, 2.45) is 5.41 Å². The van der Waals surface area contributed by atoms with E-state index >= 15 is 0 Å². The van der Waals surface area contributed by atoms with E-state index in [0.717, 1.165) is 0 Å². The number of rotatable bonds is 5. The molecule has 1 atom stereocenters. The lowest BCUT2D eigenvalue weighted by Crippen LogP contribution is -2.10. The molecule has 0 unspecified atom stereocenters. The summed E-state index contributed by atoms with van der Waals surface area (Å²) < 4.78 is 0. The molecule has 0 spiro atoms. The van der Waals surface area contributed by atoms with Gasteiger partial charge in [-0.25, -0.2) is 0 Å². The molecule has 0 fully saturated rings. The molecule has 0 saturated carbocycles. The van der Waals surface area contributed by atoms with E-state index in [-0.39, 0.29) is 0 Å². The van der Waals surface area contributed by atoms with E-state index in [0.29, 0.717) is 5.41 Å². The highest BCUT2D eigenvalue weighted by Crippen LogP contribution is 2.28. The minimum absolute atomic E-state index is 0.339. The second-order valence-electron chi connectivity index (χ2n) is 4.03. The van der Waals surface area contributed by atoms with Gasteiger partial charge in [0.15, 0.2) is 0 Å². The quantitative estimate of drug-likeness (QED) is 0.533. The lowest BCUT2D eigenvalue weighted by molar-refractivity contribution is 0.381. The van der Waals surface area contributed by atoms with Crippen molar-refractivity contribution in [3.8, 4) is 0 Å². The number of allylic oxidation sites excluding steroid dienone is 3. The molecule has 0 aliphatic carbocycles. The highest BCUT2D eigenvalue weighted by atomic mass is 14.2. The van der Waals surface area contributed by atoms with Gasteiger partial charge in [-0.15, -0.1) is 6.58 Å². The van der Waals surface area contributed by atoms with E-state index in [9.17, 15) is 0 Å². The zero-order valence-corrected chi connectivity index (χ0v) is 8.98. The summed E-state index contributed by atoms with van der Waals surface area (Å²) in [6.45, 7) is 12.7. The van der Waals surface area contributed by atoms with Crippen LogP contribution < -0.4 is 0 Å². The minimum Gasteiger partial charge on any atom is -0.103 e. The van der Waals surface area contributed by atoms with Crippen LogP contribution in [0.3, 0.4) is 0 Å². The monoisotopic (exact) mass is 166 g/mol. The molecule has 0 amide bonds. The third-order valence-corrected chi connectivity index (χ3v) is 2.57. The van der Waals surface area contributed by atoms with Gasteiger partial charge < -0.3 is 0 Å². The molecule has 0 rings (SSSR count). The first-order chi connectivity index (χ1) is 5.54. The molecule has 0 heterocycles. The van der Waals surface area contributed by atoms with Gasteiger partial charge in [-0.2, -0.15) is 0 Å². The smallest absolute Gasteiger partial charge is 0.0149 e. The molecular formula is C12H22. The SMILES string of the molecule is C=C[C@](C)(CC)CCC=C(C)C. The molecule has 0 aromatic rings. The molecule has 0 bridgehead atoms. The molecule has 0 aliphatic heterocycles. The molecule has 12 heavy (non-hydrogen) atoms. The van der Waals surface area contributed by atoms with Gasteiger partial charge in [0.25, 0.3) is 0 Å². The van der Waals surface area contributed by atoms with Gasteiger partial charge in [0.2, 0.25) is 0 Å².